The number of morpholine rings is 1. The summed E-state index contributed by atoms with van der Waals surface area (Å²) in [5.74, 6) is 0. The minimum Gasteiger partial charge on any atom is -0.381 e. The summed E-state index contributed by atoms with van der Waals surface area (Å²) in [4.78, 5) is 2.74. The number of ether oxygens (including phenoxy) is 2. The Labute approximate surface area is 157 Å². The maximum absolute atomic E-state index is 13.5. The number of nitrogens with zero attached hydrogens (tertiary/aromatic N) is 2. The molecule has 0 atom stereocenters. The van der Waals surface area contributed by atoms with E-state index in [2.05, 4.69) is 4.90 Å². The number of hydrogen-bond acceptors (Lipinski definition) is 5. The average molecular weight is 383 g/mol. The van der Waals surface area contributed by atoms with Gasteiger partial charge < -0.3 is 9.47 Å². The molecule has 0 amide bonds. The van der Waals surface area contributed by atoms with Crippen molar-refractivity contribution in [3.8, 4) is 0 Å². The Balaban J connectivity index is 1.83. The summed E-state index contributed by atoms with van der Waals surface area (Å²) >= 11 is 0. The average Bonchev–Trinajstić information content (AvgIpc) is 2.69. The number of aryl methyl sites for hydroxylation is 1. The fourth-order valence-electron chi connectivity index (χ4n) is 3.71. The van der Waals surface area contributed by atoms with E-state index in [1.54, 1.807) is 10.4 Å². The molecule has 1 aromatic carbocycles. The van der Waals surface area contributed by atoms with Gasteiger partial charge in [-0.15, -0.1) is 0 Å². The smallest absolute Gasteiger partial charge is 0.243 e. The van der Waals surface area contributed by atoms with E-state index in [-0.39, 0.29) is 6.04 Å². The highest BCUT2D eigenvalue weighted by Crippen LogP contribution is 2.26. The van der Waals surface area contributed by atoms with Crippen LogP contribution in [0.3, 0.4) is 0 Å². The molecule has 26 heavy (non-hydrogen) atoms. The normalized spacial score (nSPS) is 20.5. The van der Waals surface area contributed by atoms with Gasteiger partial charge in [0, 0.05) is 45.4 Å². The second kappa shape index (κ2) is 9.28. The van der Waals surface area contributed by atoms with Crippen molar-refractivity contribution in [2.75, 3.05) is 52.6 Å². The Kier molecular flexibility index (Phi) is 7.05. The minimum absolute atomic E-state index is 0.0136. The molecule has 0 N–H and O–H groups in total. The molecular weight excluding hydrogens is 352 g/mol. The molecule has 0 aromatic heterocycles. The van der Waals surface area contributed by atoms with Gasteiger partial charge in [-0.3, -0.25) is 4.90 Å². The van der Waals surface area contributed by atoms with Gasteiger partial charge >= 0.3 is 0 Å². The van der Waals surface area contributed by atoms with Crippen molar-refractivity contribution in [3.63, 3.8) is 0 Å². The van der Waals surface area contributed by atoms with Crippen LogP contribution >= 0.6 is 0 Å². The zero-order valence-electron chi connectivity index (χ0n) is 15.6. The first-order valence-electron chi connectivity index (χ1n) is 9.60. The SMILES string of the molecule is CCc1ccccc1S(=O)(=O)N(CCN1CCOCC1)C1CCOCC1. The Bertz CT molecular complexity index is 668. The van der Waals surface area contributed by atoms with Crippen LogP contribution < -0.4 is 0 Å². The molecule has 0 unspecified atom stereocenters. The first-order valence-corrected chi connectivity index (χ1v) is 11.0. The summed E-state index contributed by atoms with van der Waals surface area (Å²) < 4.78 is 39.6. The second-order valence-electron chi connectivity index (χ2n) is 6.87. The first-order chi connectivity index (χ1) is 12.6. The maximum atomic E-state index is 13.5. The summed E-state index contributed by atoms with van der Waals surface area (Å²) in [5.41, 5.74) is 0.885. The van der Waals surface area contributed by atoms with E-state index in [0.29, 0.717) is 31.1 Å². The molecule has 0 aliphatic carbocycles. The molecule has 2 aliphatic heterocycles. The molecule has 0 bridgehead atoms. The van der Waals surface area contributed by atoms with Crippen molar-refractivity contribution in [1.82, 2.24) is 9.21 Å². The zero-order chi connectivity index (χ0) is 18.4. The van der Waals surface area contributed by atoms with Crippen molar-refractivity contribution in [1.29, 1.82) is 0 Å². The van der Waals surface area contributed by atoms with Gasteiger partial charge in [0.15, 0.2) is 0 Å². The van der Waals surface area contributed by atoms with Crippen molar-refractivity contribution in [3.05, 3.63) is 29.8 Å². The molecule has 2 aliphatic rings. The predicted octanol–water partition coefficient (Wildman–Crippen LogP) is 1.75. The summed E-state index contributed by atoms with van der Waals surface area (Å²) in [6, 6.07) is 7.40. The van der Waals surface area contributed by atoms with Crippen LogP contribution in [0.2, 0.25) is 0 Å². The molecule has 7 heteroatoms. The van der Waals surface area contributed by atoms with E-state index in [4.69, 9.17) is 9.47 Å². The van der Waals surface area contributed by atoms with Crippen LogP contribution in [0.1, 0.15) is 25.3 Å². The molecule has 2 heterocycles. The van der Waals surface area contributed by atoms with Crippen molar-refractivity contribution in [2.45, 2.75) is 37.1 Å². The van der Waals surface area contributed by atoms with E-state index in [1.165, 1.54) is 0 Å². The van der Waals surface area contributed by atoms with Crippen LogP contribution in [0, 0.1) is 0 Å². The third-order valence-corrected chi connectivity index (χ3v) is 7.33. The van der Waals surface area contributed by atoms with E-state index in [0.717, 1.165) is 51.3 Å². The van der Waals surface area contributed by atoms with Crippen molar-refractivity contribution >= 4 is 10.0 Å². The van der Waals surface area contributed by atoms with Crippen LogP contribution in [-0.4, -0.2) is 76.3 Å². The zero-order valence-corrected chi connectivity index (χ0v) is 16.4. The maximum Gasteiger partial charge on any atom is 0.243 e. The number of rotatable bonds is 7. The van der Waals surface area contributed by atoms with E-state index in [1.807, 2.05) is 25.1 Å². The van der Waals surface area contributed by atoms with Gasteiger partial charge in [-0.25, -0.2) is 8.42 Å². The van der Waals surface area contributed by atoms with Crippen molar-refractivity contribution in [2.24, 2.45) is 0 Å². The lowest BCUT2D eigenvalue weighted by Crippen LogP contribution is -2.48. The molecule has 2 fully saturated rings. The van der Waals surface area contributed by atoms with Gasteiger partial charge in [0.05, 0.1) is 18.1 Å². The molecule has 2 saturated heterocycles. The van der Waals surface area contributed by atoms with E-state index in [9.17, 15) is 8.42 Å². The van der Waals surface area contributed by atoms with Crippen LogP contribution in [0.25, 0.3) is 0 Å². The molecule has 0 radical (unpaired) electrons. The summed E-state index contributed by atoms with van der Waals surface area (Å²) in [5, 5.41) is 0. The summed E-state index contributed by atoms with van der Waals surface area (Å²) in [6.07, 6.45) is 2.23. The topological polar surface area (TPSA) is 59.1 Å². The lowest BCUT2D eigenvalue weighted by atomic mass is 10.1. The van der Waals surface area contributed by atoms with Crippen LogP contribution in [0.4, 0.5) is 0 Å². The van der Waals surface area contributed by atoms with Crippen molar-refractivity contribution < 1.29 is 17.9 Å². The molecule has 0 spiro atoms. The van der Waals surface area contributed by atoms with Gasteiger partial charge in [0.25, 0.3) is 0 Å². The lowest BCUT2D eigenvalue weighted by Gasteiger charge is -2.36. The Morgan fingerprint density at radius 3 is 2.42 bits per heavy atom. The number of sulfonamides is 1. The Morgan fingerprint density at radius 2 is 1.73 bits per heavy atom. The van der Waals surface area contributed by atoms with Gasteiger partial charge in [0.1, 0.15) is 0 Å². The predicted molar refractivity (Wildman–Crippen MR) is 101 cm³/mol. The van der Waals surface area contributed by atoms with Gasteiger partial charge in [-0.05, 0) is 30.9 Å². The van der Waals surface area contributed by atoms with Gasteiger partial charge in [-0.2, -0.15) is 4.31 Å². The minimum atomic E-state index is -3.52. The Hall–Kier alpha value is -0.990. The highest BCUT2D eigenvalue weighted by molar-refractivity contribution is 7.89. The molecular formula is C19H30N2O4S. The third-order valence-electron chi connectivity index (χ3n) is 5.28. The van der Waals surface area contributed by atoms with E-state index < -0.39 is 10.0 Å². The molecule has 6 nitrogen and oxygen atoms in total. The molecule has 1 aromatic rings. The fourth-order valence-corrected chi connectivity index (χ4v) is 5.68. The second-order valence-corrected chi connectivity index (χ2v) is 8.73. The summed E-state index contributed by atoms with van der Waals surface area (Å²) in [6.45, 7) is 7.71. The fraction of sp³-hybridized carbons (Fsp3) is 0.684. The first kappa shape index (κ1) is 19.8. The Morgan fingerprint density at radius 1 is 1.08 bits per heavy atom. The van der Waals surface area contributed by atoms with Crippen LogP contribution in [0.5, 0.6) is 0 Å². The number of hydrogen-bond donors (Lipinski definition) is 0. The van der Waals surface area contributed by atoms with Gasteiger partial charge in [0.2, 0.25) is 10.0 Å². The third kappa shape index (κ3) is 4.64. The molecule has 146 valence electrons. The highest BCUT2D eigenvalue weighted by Gasteiger charge is 2.33. The van der Waals surface area contributed by atoms with Crippen LogP contribution in [-0.2, 0) is 25.9 Å². The standard InChI is InChI=1S/C19H30N2O4S/c1-2-17-5-3-4-6-19(17)26(22,23)21(18-7-13-24-14-8-18)10-9-20-11-15-25-16-12-20/h3-6,18H,2,7-16H2,1H3. The monoisotopic (exact) mass is 382 g/mol. The molecule has 3 rings (SSSR count). The summed E-state index contributed by atoms with van der Waals surface area (Å²) in [7, 11) is -3.52. The molecule has 0 saturated carbocycles. The lowest BCUT2D eigenvalue weighted by molar-refractivity contribution is 0.0291. The van der Waals surface area contributed by atoms with Gasteiger partial charge in [-0.1, -0.05) is 25.1 Å². The quantitative estimate of drug-likeness (QED) is 0.719. The van der Waals surface area contributed by atoms with Crippen LogP contribution in [0.15, 0.2) is 29.2 Å². The number of benzene rings is 1. The van der Waals surface area contributed by atoms with E-state index >= 15 is 0 Å². The highest BCUT2D eigenvalue weighted by atomic mass is 32.2. The largest absolute Gasteiger partial charge is 0.381 e.